The lowest BCUT2D eigenvalue weighted by Crippen LogP contribution is -2.49. The molecule has 0 unspecified atom stereocenters. The Morgan fingerprint density at radius 2 is 1.79 bits per heavy atom. The predicted octanol–water partition coefficient (Wildman–Crippen LogP) is 3.43. The average molecular weight is 406 g/mol. The first-order chi connectivity index (χ1) is 13.5. The molecule has 1 saturated heterocycles. The van der Waals surface area contributed by atoms with Crippen molar-refractivity contribution in [3.8, 4) is 0 Å². The fourth-order valence-electron chi connectivity index (χ4n) is 3.53. The highest BCUT2D eigenvalue weighted by atomic mass is 32.1. The van der Waals surface area contributed by atoms with Gasteiger partial charge in [0.1, 0.15) is 16.5 Å². The van der Waals surface area contributed by atoms with Crippen molar-refractivity contribution in [3.63, 3.8) is 0 Å². The van der Waals surface area contributed by atoms with Crippen LogP contribution in [0.4, 0.5) is 10.6 Å². The van der Waals surface area contributed by atoms with Crippen molar-refractivity contribution in [1.82, 2.24) is 19.8 Å². The number of thiophene rings is 1. The van der Waals surface area contributed by atoms with Crippen molar-refractivity contribution >= 4 is 33.5 Å². The number of hydrogen-bond donors (Lipinski definition) is 0. The second kappa shape index (κ2) is 9.05. The van der Waals surface area contributed by atoms with Gasteiger partial charge in [-0.25, -0.2) is 14.8 Å². The van der Waals surface area contributed by atoms with Crippen molar-refractivity contribution in [1.29, 1.82) is 0 Å². The van der Waals surface area contributed by atoms with E-state index in [0.717, 1.165) is 54.6 Å². The largest absolute Gasteiger partial charge is 0.450 e. The number of hydrogen-bond acceptors (Lipinski definition) is 7. The SMILES string of the molecule is CCOC(=O)N1CCN(c2nc(CN(CC)CC)nc3sc(C)c(C)c23)CC1. The van der Waals surface area contributed by atoms with Crippen LogP contribution in [-0.2, 0) is 11.3 Å². The van der Waals surface area contributed by atoms with Gasteiger partial charge in [-0.1, -0.05) is 13.8 Å². The molecule has 0 spiro atoms. The van der Waals surface area contributed by atoms with E-state index >= 15 is 0 Å². The third-order valence-electron chi connectivity index (χ3n) is 5.42. The molecular formula is C20H31N5O2S. The van der Waals surface area contributed by atoms with Crippen LogP contribution in [0.25, 0.3) is 10.2 Å². The van der Waals surface area contributed by atoms with Crippen molar-refractivity contribution in [2.24, 2.45) is 0 Å². The lowest BCUT2D eigenvalue weighted by molar-refractivity contribution is 0.105. The zero-order chi connectivity index (χ0) is 20.3. The maximum atomic E-state index is 12.0. The van der Waals surface area contributed by atoms with Crippen LogP contribution in [0.5, 0.6) is 0 Å². The molecular weight excluding hydrogens is 374 g/mol. The first-order valence-corrected chi connectivity index (χ1v) is 11.0. The Bertz CT molecular complexity index is 826. The van der Waals surface area contributed by atoms with Crippen LogP contribution in [0.15, 0.2) is 0 Å². The number of ether oxygens (including phenoxy) is 1. The van der Waals surface area contributed by atoms with Gasteiger partial charge in [0, 0.05) is 31.1 Å². The van der Waals surface area contributed by atoms with Crippen molar-refractivity contribution in [2.45, 2.75) is 41.2 Å². The molecule has 0 radical (unpaired) electrons. The van der Waals surface area contributed by atoms with Gasteiger partial charge in [-0.3, -0.25) is 4.90 Å². The van der Waals surface area contributed by atoms with E-state index in [2.05, 4.69) is 37.5 Å². The monoisotopic (exact) mass is 405 g/mol. The molecule has 2 aromatic rings. The van der Waals surface area contributed by atoms with Gasteiger partial charge in [-0.15, -0.1) is 11.3 Å². The topological polar surface area (TPSA) is 61.8 Å². The van der Waals surface area contributed by atoms with Crippen molar-refractivity contribution < 1.29 is 9.53 Å². The maximum Gasteiger partial charge on any atom is 0.409 e. The van der Waals surface area contributed by atoms with E-state index in [1.54, 1.807) is 16.2 Å². The number of carbonyl (C=O) groups excluding carboxylic acids is 1. The Balaban J connectivity index is 1.90. The fourth-order valence-corrected chi connectivity index (χ4v) is 4.58. The van der Waals surface area contributed by atoms with E-state index in [1.165, 1.54) is 10.4 Å². The van der Waals surface area contributed by atoms with Crippen LogP contribution in [0.3, 0.4) is 0 Å². The summed E-state index contributed by atoms with van der Waals surface area (Å²) >= 11 is 1.74. The lowest BCUT2D eigenvalue weighted by atomic mass is 10.2. The van der Waals surface area contributed by atoms with E-state index in [9.17, 15) is 4.79 Å². The van der Waals surface area contributed by atoms with Gasteiger partial charge in [0.15, 0.2) is 0 Å². The molecule has 0 saturated carbocycles. The lowest BCUT2D eigenvalue weighted by Gasteiger charge is -2.35. The molecule has 28 heavy (non-hydrogen) atoms. The number of aryl methyl sites for hydroxylation is 2. The fraction of sp³-hybridized carbons (Fsp3) is 0.650. The van der Waals surface area contributed by atoms with Gasteiger partial charge < -0.3 is 14.5 Å². The summed E-state index contributed by atoms with van der Waals surface area (Å²) in [5.41, 5.74) is 1.26. The molecule has 0 N–H and O–H groups in total. The molecule has 0 bridgehead atoms. The van der Waals surface area contributed by atoms with Gasteiger partial charge in [-0.05, 0) is 39.4 Å². The quantitative estimate of drug-likeness (QED) is 0.734. The maximum absolute atomic E-state index is 12.0. The molecule has 0 aliphatic carbocycles. The minimum Gasteiger partial charge on any atom is -0.450 e. The second-order valence-electron chi connectivity index (χ2n) is 7.06. The zero-order valence-corrected chi connectivity index (χ0v) is 18.4. The highest BCUT2D eigenvalue weighted by Gasteiger charge is 2.26. The minimum absolute atomic E-state index is 0.222. The summed E-state index contributed by atoms with van der Waals surface area (Å²) in [4.78, 5) is 30.6. The summed E-state index contributed by atoms with van der Waals surface area (Å²) in [7, 11) is 0. The number of fused-ring (bicyclic) bond motifs is 1. The Kier molecular flexibility index (Phi) is 6.72. The first-order valence-electron chi connectivity index (χ1n) is 10.1. The Hall–Kier alpha value is -1.93. The average Bonchev–Trinajstić information content (AvgIpc) is 2.99. The number of amides is 1. The highest BCUT2D eigenvalue weighted by molar-refractivity contribution is 7.18. The third-order valence-corrected chi connectivity index (χ3v) is 6.52. The van der Waals surface area contributed by atoms with Gasteiger partial charge in [0.05, 0.1) is 18.5 Å². The van der Waals surface area contributed by atoms with Crippen molar-refractivity contribution in [3.05, 3.63) is 16.3 Å². The van der Waals surface area contributed by atoms with E-state index < -0.39 is 0 Å². The van der Waals surface area contributed by atoms with E-state index in [1.807, 2.05) is 6.92 Å². The molecule has 154 valence electrons. The number of piperazine rings is 1. The predicted molar refractivity (Wildman–Crippen MR) is 114 cm³/mol. The Morgan fingerprint density at radius 3 is 2.39 bits per heavy atom. The van der Waals surface area contributed by atoms with Gasteiger partial charge in [-0.2, -0.15) is 0 Å². The minimum atomic E-state index is -0.222. The van der Waals surface area contributed by atoms with E-state index in [0.29, 0.717) is 19.7 Å². The summed E-state index contributed by atoms with van der Waals surface area (Å²) in [5, 5.41) is 1.16. The Morgan fingerprint density at radius 1 is 1.11 bits per heavy atom. The highest BCUT2D eigenvalue weighted by Crippen LogP contribution is 2.35. The first kappa shape index (κ1) is 20.8. The van der Waals surface area contributed by atoms with Gasteiger partial charge in [0.2, 0.25) is 0 Å². The van der Waals surface area contributed by atoms with Gasteiger partial charge >= 0.3 is 6.09 Å². The molecule has 1 fully saturated rings. The standard InChI is InChI=1S/C20H31N5O2S/c1-6-23(7-2)13-16-21-18(17-14(4)15(5)28-19(17)22-16)24-9-11-25(12-10-24)20(26)27-8-3/h6-13H2,1-5H3. The number of nitrogens with zero attached hydrogens (tertiary/aromatic N) is 5. The molecule has 1 aliphatic heterocycles. The molecule has 8 heteroatoms. The molecule has 1 aliphatic rings. The molecule has 0 atom stereocenters. The van der Waals surface area contributed by atoms with Crippen molar-refractivity contribution in [2.75, 3.05) is 50.8 Å². The summed E-state index contributed by atoms with van der Waals surface area (Å²) in [6.45, 7) is 16.4. The number of carbonyl (C=O) groups is 1. The molecule has 3 rings (SSSR count). The normalized spacial score (nSPS) is 14.9. The molecule has 1 amide bonds. The smallest absolute Gasteiger partial charge is 0.409 e. The number of rotatable bonds is 6. The summed E-state index contributed by atoms with van der Waals surface area (Å²) in [6, 6.07) is 0. The van der Waals surface area contributed by atoms with Gasteiger partial charge in [0.25, 0.3) is 0 Å². The van der Waals surface area contributed by atoms with Crippen LogP contribution >= 0.6 is 11.3 Å². The van der Waals surface area contributed by atoms with Crippen LogP contribution in [-0.4, -0.2) is 71.7 Å². The molecule has 3 heterocycles. The van der Waals surface area contributed by atoms with Crippen LogP contribution in [0, 0.1) is 13.8 Å². The Labute approximate surface area is 171 Å². The van der Waals surface area contributed by atoms with E-state index in [-0.39, 0.29) is 6.09 Å². The summed E-state index contributed by atoms with van der Waals surface area (Å²) in [5.74, 6) is 1.89. The summed E-state index contributed by atoms with van der Waals surface area (Å²) in [6.07, 6.45) is -0.222. The van der Waals surface area contributed by atoms with Crippen LogP contribution in [0.1, 0.15) is 37.0 Å². The zero-order valence-electron chi connectivity index (χ0n) is 17.6. The molecule has 7 nitrogen and oxygen atoms in total. The molecule has 0 aromatic carbocycles. The van der Waals surface area contributed by atoms with Crippen LogP contribution in [0.2, 0.25) is 0 Å². The number of aromatic nitrogens is 2. The summed E-state index contributed by atoms with van der Waals surface area (Å²) < 4.78 is 5.14. The number of anilines is 1. The molecule has 2 aromatic heterocycles. The second-order valence-corrected chi connectivity index (χ2v) is 8.26. The van der Waals surface area contributed by atoms with E-state index in [4.69, 9.17) is 14.7 Å². The third kappa shape index (κ3) is 4.22. The van der Waals surface area contributed by atoms with Crippen LogP contribution < -0.4 is 4.90 Å².